The summed E-state index contributed by atoms with van der Waals surface area (Å²) in [6, 6.07) is 0. The van der Waals surface area contributed by atoms with Gasteiger partial charge in [-0.1, -0.05) is 13.8 Å². The topological polar surface area (TPSA) is 105 Å². The Bertz CT molecular complexity index is 745. The van der Waals surface area contributed by atoms with Crippen LogP contribution in [0.2, 0.25) is 0 Å². The molecule has 2 rings (SSSR count). The Morgan fingerprint density at radius 2 is 2.03 bits per heavy atom. The third-order valence-electron chi connectivity index (χ3n) is 6.21. The quantitative estimate of drug-likeness (QED) is 0.337. The fraction of sp³-hybridized carbons (Fsp3) is 0.810. The van der Waals surface area contributed by atoms with E-state index in [0.29, 0.717) is 19.3 Å². The van der Waals surface area contributed by atoms with Crippen molar-refractivity contribution in [3.05, 3.63) is 0 Å². The molecular formula is C21H31ClF3N3O5. The van der Waals surface area contributed by atoms with Crippen LogP contribution in [0.5, 0.6) is 0 Å². The van der Waals surface area contributed by atoms with E-state index in [1.54, 1.807) is 13.8 Å². The van der Waals surface area contributed by atoms with Crippen LogP contribution in [0.15, 0.2) is 0 Å². The number of rotatable bonds is 11. The van der Waals surface area contributed by atoms with E-state index in [4.69, 9.17) is 16.3 Å². The molecule has 3 amide bonds. The number of alkyl halides is 4. The number of ether oxygens (including phenoxy) is 1. The molecule has 2 N–H and O–H groups in total. The van der Waals surface area contributed by atoms with Crippen LogP contribution in [0.3, 0.4) is 0 Å². The predicted octanol–water partition coefficient (Wildman–Crippen LogP) is 2.78. The number of alkyl carbamates (subject to hydrolysis) is 1. The standard InChI is InChI=1S/C21H31ClF3N3O5/c1-14(2)10-19(13-29,27-18(32)33-20(5-3-6-20)21(23,24)25)7-9-28(16(30)11-22)12-15-4-8-26-17(15)31/h13-15H,3-12H2,1-2H3,(H,26,31)(H,27,32)/t15-,19-/m0/s1. The number of amides is 3. The minimum Gasteiger partial charge on any atom is -0.433 e. The summed E-state index contributed by atoms with van der Waals surface area (Å²) < 4.78 is 44.9. The molecule has 1 heterocycles. The highest BCUT2D eigenvalue weighted by atomic mass is 35.5. The number of hydrogen-bond donors (Lipinski definition) is 2. The van der Waals surface area contributed by atoms with Crippen molar-refractivity contribution in [2.75, 3.05) is 25.5 Å². The first-order valence-corrected chi connectivity index (χ1v) is 11.6. The summed E-state index contributed by atoms with van der Waals surface area (Å²) in [6.07, 6.45) is -5.35. The fourth-order valence-electron chi connectivity index (χ4n) is 4.25. The minimum atomic E-state index is -4.71. The smallest absolute Gasteiger partial charge is 0.428 e. The maximum atomic E-state index is 13.4. The third-order valence-corrected chi connectivity index (χ3v) is 6.44. The first kappa shape index (κ1) is 27.2. The molecule has 2 atom stereocenters. The first-order chi connectivity index (χ1) is 15.4. The molecule has 12 heteroatoms. The van der Waals surface area contributed by atoms with Crippen molar-refractivity contribution in [3.63, 3.8) is 0 Å². The van der Waals surface area contributed by atoms with Crippen molar-refractivity contribution in [3.8, 4) is 0 Å². The van der Waals surface area contributed by atoms with Gasteiger partial charge >= 0.3 is 12.3 Å². The van der Waals surface area contributed by atoms with Crippen molar-refractivity contribution in [2.24, 2.45) is 11.8 Å². The summed E-state index contributed by atoms with van der Waals surface area (Å²) in [5.41, 5.74) is -4.09. The Hall–Kier alpha value is -2.04. The summed E-state index contributed by atoms with van der Waals surface area (Å²) in [5.74, 6) is -1.50. The number of carbonyl (C=O) groups excluding carboxylic acids is 4. The number of hydrogen-bond acceptors (Lipinski definition) is 5. The lowest BCUT2D eigenvalue weighted by Crippen LogP contribution is -2.59. The highest BCUT2D eigenvalue weighted by molar-refractivity contribution is 6.27. The molecular weight excluding hydrogens is 467 g/mol. The van der Waals surface area contributed by atoms with Crippen molar-refractivity contribution in [1.82, 2.24) is 15.5 Å². The molecule has 0 radical (unpaired) electrons. The van der Waals surface area contributed by atoms with Crippen LogP contribution in [0.4, 0.5) is 18.0 Å². The van der Waals surface area contributed by atoms with Gasteiger partial charge < -0.3 is 25.1 Å². The molecule has 0 aromatic carbocycles. The molecule has 2 fully saturated rings. The summed E-state index contributed by atoms with van der Waals surface area (Å²) in [6.45, 7) is 4.14. The van der Waals surface area contributed by atoms with Crippen molar-refractivity contribution >= 4 is 35.8 Å². The summed E-state index contributed by atoms with van der Waals surface area (Å²) in [7, 11) is 0. The largest absolute Gasteiger partial charge is 0.433 e. The number of carbonyl (C=O) groups is 4. The van der Waals surface area contributed by atoms with Gasteiger partial charge in [0.2, 0.25) is 17.4 Å². The highest BCUT2D eigenvalue weighted by Crippen LogP contribution is 2.48. The molecule has 8 nitrogen and oxygen atoms in total. The minimum absolute atomic E-state index is 0.0223. The highest BCUT2D eigenvalue weighted by Gasteiger charge is 2.62. The molecule has 1 saturated heterocycles. The number of aldehydes is 1. The van der Waals surface area contributed by atoms with Crippen LogP contribution in [0.25, 0.3) is 0 Å². The molecule has 0 aromatic heterocycles. The van der Waals surface area contributed by atoms with Crippen LogP contribution >= 0.6 is 11.6 Å². The van der Waals surface area contributed by atoms with Gasteiger partial charge in [0.05, 0.1) is 5.92 Å². The molecule has 0 spiro atoms. The molecule has 0 bridgehead atoms. The Labute approximate surface area is 195 Å². The Kier molecular flexibility index (Phi) is 9.01. The molecule has 0 aromatic rings. The second kappa shape index (κ2) is 10.9. The SMILES string of the molecule is CC(C)C[C@](C=O)(CCN(C[C@@H]1CCNC1=O)C(=O)CCl)NC(=O)OC1(C(F)(F)F)CCC1. The summed E-state index contributed by atoms with van der Waals surface area (Å²) in [5, 5.41) is 5.02. The lowest BCUT2D eigenvalue weighted by atomic mass is 9.79. The second-order valence-electron chi connectivity index (χ2n) is 9.23. The van der Waals surface area contributed by atoms with Crippen LogP contribution in [-0.2, 0) is 19.1 Å². The Morgan fingerprint density at radius 1 is 1.36 bits per heavy atom. The Balaban J connectivity index is 2.14. The van der Waals surface area contributed by atoms with Gasteiger partial charge in [0.1, 0.15) is 17.7 Å². The summed E-state index contributed by atoms with van der Waals surface area (Å²) in [4.78, 5) is 50.2. The van der Waals surface area contributed by atoms with Crippen LogP contribution < -0.4 is 10.6 Å². The summed E-state index contributed by atoms with van der Waals surface area (Å²) >= 11 is 5.70. The number of nitrogens with one attached hydrogen (secondary N) is 2. The van der Waals surface area contributed by atoms with Crippen molar-refractivity contribution in [1.29, 1.82) is 0 Å². The van der Waals surface area contributed by atoms with Crippen LogP contribution in [-0.4, -0.2) is 71.9 Å². The number of halogens is 4. The van der Waals surface area contributed by atoms with Gasteiger partial charge in [0.25, 0.3) is 0 Å². The van der Waals surface area contributed by atoms with Gasteiger partial charge in [-0.15, -0.1) is 11.6 Å². The maximum absolute atomic E-state index is 13.4. The Morgan fingerprint density at radius 3 is 2.45 bits per heavy atom. The van der Waals surface area contributed by atoms with Gasteiger partial charge in [-0.05, 0) is 44.4 Å². The molecule has 1 saturated carbocycles. The molecule has 188 valence electrons. The van der Waals surface area contributed by atoms with Crippen LogP contribution in [0.1, 0.15) is 52.4 Å². The predicted molar refractivity (Wildman–Crippen MR) is 114 cm³/mol. The van der Waals surface area contributed by atoms with E-state index in [-0.39, 0.29) is 62.9 Å². The maximum Gasteiger partial charge on any atom is 0.428 e. The average Bonchev–Trinajstić information content (AvgIpc) is 3.10. The van der Waals surface area contributed by atoms with E-state index in [1.807, 2.05) is 0 Å². The average molecular weight is 498 g/mol. The van der Waals surface area contributed by atoms with Gasteiger partial charge in [-0.3, -0.25) is 9.59 Å². The zero-order valence-corrected chi connectivity index (χ0v) is 19.6. The van der Waals surface area contributed by atoms with Gasteiger partial charge in [0.15, 0.2) is 0 Å². The van der Waals surface area contributed by atoms with E-state index in [9.17, 15) is 32.3 Å². The van der Waals surface area contributed by atoms with E-state index in [0.717, 1.165) is 0 Å². The monoisotopic (exact) mass is 497 g/mol. The van der Waals surface area contributed by atoms with Gasteiger partial charge in [0, 0.05) is 19.6 Å². The molecule has 33 heavy (non-hydrogen) atoms. The van der Waals surface area contributed by atoms with Gasteiger partial charge in [-0.2, -0.15) is 13.2 Å². The first-order valence-electron chi connectivity index (χ1n) is 11.0. The molecule has 1 aliphatic heterocycles. The van der Waals surface area contributed by atoms with E-state index >= 15 is 0 Å². The van der Waals surface area contributed by atoms with Gasteiger partial charge in [-0.25, -0.2) is 4.79 Å². The van der Waals surface area contributed by atoms with E-state index < -0.39 is 35.2 Å². The fourth-order valence-corrected chi connectivity index (χ4v) is 4.42. The number of nitrogens with zero attached hydrogens (tertiary/aromatic N) is 1. The second-order valence-corrected chi connectivity index (χ2v) is 9.50. The normalized spacial score (nSPS) is 21.5. The third kappa shape index (κ3) is 6.74. The molecule has 2 aliphatic rings. The zero-order valence-electron chi connectivity index (χ0n) is 18.8. The van der Waals surface area contributed by atoms with E-state index in [2.05, 4.69) is 10.6 Å². The van der Waals surface area contributed by atoms with E-state index in [1.165, 1.54) is 4.90 Å². The van der Waals surface area contributed by atoms with Crippen LogP contribution in [0, 0.1) is 11.8 Å². The lowest BCUT2D eigenvalue weighted by Gasteiger charge is -2.42. The lowest BCUT2D eigenvalue weighted by molar-refractivity contribution is -0.284. The van der Waals surface area contributed by atoms with Crippen molar-refractivity contribution in [2.45, 2.75) is 69.7 Å². The zero-order chi connectivity index (χ0) is 24.9. The van der Waals surface area contributed by atoms with Crippen molar-refractivity contribution < 1.29 is 37.1 Å². The molecule has 1 aliphatic carbocycles. The molecule has 0 unspecified atom stereocenters.